The Morgan fingerprint density at radius 1 is 0.840 bits per heavy atom. The summed E-state index contributed by atoms with van der Waals surface area (Å²) in [5.41, 5.74) is 5.89. The Hall–Kier alpha value is -1.30. The topological polar surface area (TPSA) is 0 Å². The van der Waals surface area contributed by atoms with E-state index in [1.54, 1.807) is 5.57 Å². The van der Waals surface area contributed by atoms with E-state index in [1.807, 2.05) is 0 Å². The summed E-state index contributed by atoms with van der Waals surface area (Å²) in [5, 5.41) is 0. The second-order valence-electron chi connectivity index (χ2n) is 8.06. The van der Waals surface area contributed by atoms with Crippen molar-refractivity contribution in [1.29, 1.82) is 0 Å². The van der Waals surface area contributed by atoms with Crippen molar-refractivity contribution in [1.82, 2.24) is 0 Å². The number of hydrogen-bond acceptors (Lipinski definition) is 0. The average molecular weight is 343 g/mol. The maximum Gasteiger partial charge on any atom is -0.0164 e. The van der Waals surface area contributed by atoms with Gasteiger partial charge in [0.2, 0.25) is 0 Å². The van der Waals surface area contributed by atoms with Crippen LogP contribution in [0.15, 0.2) is 59.3 Å². The minimum Gasteiger partial charge on any atom is -0.103 e. The van der Waals surface area contributed by atoms with E-state index in [1.165, 1.54) is 42.4 Å². The van der Waals surface area contributed by atoms with Crippen molar-refractivity contribution in [2.45, 2.75) is 87.0 Å². The fraction of sp³-hybridized carbons (Fsp3) is 0.600. The third-order valence-corrected chi connectivity index (χ3v) is 4.82. The van der Waals surface area contributed by atoms with Crippen molar-refractivity contribution in [3.8, 4) is 0 Å². The van der Waals surface area contributed by atoms with Crippen LogP contribution < -0.4 is 0 Å². The fourth-order valence-electron chi connectivity index (χ4n) is 2.79. The highest BCUT2D eigenvalue weighted by atomic mass is 14.2. The van der Waals surface area contributed by atoms with Gasteiger partial charge in [0.15, 0.2) is 0 Å². The van der Waals surface area contributed by atoms with Gasteiger partial charge in [0.1, 0.15) is 0 Å². The standard InChI is InChI=1S/C25H42/c1-9-22(6)16-18-25(24(8)15-11-13-21(4)5)19-17-23(7)14-10-12-20(2)3/h9,12-13,15,17,22,25H,1,10-11,14,16,18-19H2,2-8H3. The lowest BCUT2D eigenvalue weighted by Crippen LogP contribution is -2.04. The van der Waals surface area contributed by atoms with Gasteiger partial charge in [-0.25, -0.2) is 0 Å². The molecule has 0 saturated carbocycles. The largest absolute Gasteiger partial charge is 0.103 e. The Balaban J connectivity index is 4.84. The first-order valence-electron chi connectivity index (χ1n) is 9.97. The molecule has 0 saturated heterocycles. The molecule has 0 heteroatoms. The first-order valence-corrected chi connectivity index (χ1v) is 9.97. The van der Waals surface area contributed by atoms with Gasteiger partial charge >= 0.3 is 0 Å². The molecule has 0 N–H and O–H groups in total. The molecule has 0 amide bonds. The first-order chi connectivity index (χ1) is 11.8. The van der Waals surface area contributed by atoms with Crippen LogP contribution >= 0.6 is 0 Å². The zero-order chi connectivity index (χ0) is 19.2. The SMILES string of the molecule is C=CC(C)CCC(CC=C(C)CCC=C(C)C)C(C)=CCC=C(C)C. The van der Waals surface area contributed by atoms with E-state index < -0.39 is 0 Å². The highest BCUT2D eigenvalue weighted by molar-refractivity contribution is 5.11. The van der Waals surface area contributed by atoms with Gasteiger partial charge < -0.3 is 0 Å². The van der Waals surface area contributed by atoms with Crippen molar-refractivity contribution in [3.05, 3.63) is 59.3 Å². The van der Waals surface area contributed by atoms with Crippen LogP contribution in [-0.2, 0) is 0 Å². The predicted octanol–water partition coefficient (Wildman–Crippen LogP) is 8.59. The van der Waals surface area contributed by atoms with Crippen LogP contribution in [0.5, 0.6) is 0 Å². The lowest BCUT2D eigenvalue weighted by atomic mass is 9.87. The van der Waals surface area contributed by atoms with E-state index in [9.17, 15) is 0 Å². The van der Waals surface area contributed by atoms with E-state index >= 15 is 0 Å². The van der Waals surface area contributed by atoms with Gasteiger partial charge in [-0.2, -0.15) is 0 Å². The second kappa shape index (κ2) is 13.9. The predicted molar refractivity (Wildman–Crippen MR) is 117 cm³/mol. The quantitative estimate of drug-likeness (QED) is 0.311. The smallest absolute Gasteiger partial charge is 0.0164 e. The van der Waals surface area contributed by atoms with Gasteiger partial charge in [0.05, 0.1) is 0 Å². The van der Waals surface area contributed by atoms with Crippen molar-refractivity contribution in [2.75, 3.05) is 0 Å². The normalized spacial score (nSPS) is 14.7. The minimum absolute atomic E-state index is 0.607. The maximum absolute atomic E-state index is 3.93. The van der Waals surface area contributed by atoms with E-state index in [-0.39, 0.29) is 0 Å². The van der Waals surface area contributed by atoms with Gasteiger partial charge in [0, 0.05) is 0 Å². The highest BCUT2D eigenvalue weighted by Crippen LogP contribution is 2.25. The van der Waals surface area contributed by atoms with E-state index in [4.69, 9.17) is 0 Å². The Kier molecular flexibility index (Phi) is 13.2. The Morgan fingerprint density at radius 3 is 2.04 bits per heavy atom. The van der Waals surface area contributed by atoms with Crippen LogP contribution in [0.2, 0.25) is 0 Å². The highest BCUT2D eigenvalue weighted by Gasteiger charge is 2.11. The summed E-state index contributed by atoms with van der Waals surface area (Å²) < 4.78 is 0. The van der Waals surface area contributed by atoms with Crippen LogP contribution in [0.4, 0.5) is 0 Å². The molecule has 2 atom stereocenters. The summed E-state index contributed by atoms with van der Waals surface area (Å²) in [6.07, 6.45) is 18.7. The summed E-state index contributed by atoms with van der Waals surface area (Å²) in [5.74, 6) is 1.27. The summed E-state index contributed by atoms with van der Waals surface area (Å²) >= 11 is 0. The number of allylic oxidation sites excluding steroid dienone is 9. The Morgan fingerprint density at radius 2 is 1.48 bits per heavy atom. The lowest BCUT2D eigenvalue weighted by molar-refractivity contribution is 0.491. The van der Waals surface area contributed by atoms with Crippen molar-refractivity contribution in [3.63, 3.8) is 0 Å². The van der Waals surface area contributed by atoms with Crippen molar-refractivity contribution in [2.24, 2.45) is 11.8 Å². The molecular formula is C25H42. The van der Waals surface area contributed by atoms with Crippen LogP contribution in [-0.4, -0.2) is 0 Å². The summed E-state index contributed by atoms with van der Waals surface area (Å²) in [6.45, 7) is 19.5. The molecule has 0 aromatic rings. The fourth-order valence-corrected chi connectivity index (χ4v) is 2.79. The molecule has 0 heterocycles. The molecule has 0 spiro atoms. The molecule has 0 fully saturated rings. The molecule has 0 radical (unpaired) electrons. The zero-order valence-electron chi connectivity index (χ0n) is 18.0. The molecule has 0 nitrogen and oxygen atoms in total. The van der Waals surface area contributed by atoms with Crippen molar-refractivity contribution >= 4 is 0 Å². The molecule has 0 aromatic carbocycles. The van der Waals surface area contributed by atoms with Gasteiger partial charge in [-0.05, 0) is 91.9 Å². The molecule has 0 aromatic heterocycles. The Labute approximate surface area is 158 Å². The van der Waals surface area contributed by atoms with Gasteiger partial charge in [0.25, 0.3) is 0 Å². The van der Waals surface area contributed by atoms with Crippen LogP contribution in [0.1, 0.15) is 87.0 Å². The lowest BCUT2D eigenvalue weighted by Gasteiger charge is -2.18. The molecule has 0 rings (SSSR count). The van der Waals surface area contributed by atoms with Crippen LogP contribution in [0, 0.1) is 11.8 Å². The van der Waals surface area contributed by atoms with Gasteiger partial charge in [-0.3, -0.25) is 0 Å². The molecule has 2 unspecified atom stereocenters. The maximum atomic E-state index is 3.93. The molecule has 0 bridgehead atoms. The van der Waals surface area contributed by atoms with E-state index in [0.717, 1.165) is 12.8 Å². The molecule has 0 aliphatic heterocycles. The van der Waals surface area contributed by atoms with Crippen molar-refractivity contribution < 1.29 is 0 Å². The van der Waals surface area contributed by atoms with Gasteiger partial charge in [-0.15, -0.1) is 6.58 Å². The van der Waals surface area contributed by atoms with E-state index in [0.29, 0.717) is 11.8 Å². The minimum atomic E-state index is 0.607. The number of rotatable bonds is 12. The second-order valence-corrected chi connectivity index (χ2v) is 8.06. The summed E-state index contributed by atoms with van der Waals surface area (Å²) in [6, 6.07) is 0. The van der Waals surface area contributed by atoms with Gasteiger partial charge in [-0.1, -0.05) is 59.6 Å². The third-order valence-electron chi connectivity index (χ3n) is 4.82. The average Bonchev–Trinajstić information content (AvgIpc) is 2.53. The molecule has 142 valence electrons. The molecular weight excluding hydrogens is 300 g/mol. The van der Waals surface area contributed by atoms with Crippen LogP contribution in [0.3, 0.4) is 0 Å². The monoisotopic (exact) mass is 342 g/mol. The first kappa shape index (κ1) is 23.7. The number of hydrogen-bond donors (Lipinski definition) is 0. The molecule has 0 aliphatic carbocycles. The van der Waals surface area contributed by atoms with E-state index in [2.05, 4.69) is 85.4 Å². The molecule has 0 aliphatic rings. The summed E-state index contributed by atoms with van der Waals surface area (Å²) in [7, 11) is 0. The third kappa shape index (κ3) is 13.6. The molecule has 25 heavy (non-hydrogen) atoms. The zero-order valence-corrected chi connectivity index (χ0v) is 18.0. The van der Waals surface area contributed by atoms with Crippen LogP contribution in [0.25, 0.3) is 0 Å². The summed E-state index contributed by atoms with van der Waals surface area (Å²) in [4.78, 5) is 0. The Bertz CT molecular complexity index is 488.